The molecule has 1 unspecified atom stereocenters. The Labute approximate surface area is 200 Å². The van der Waals surface area contributed by atoms with Crippen molar-refractivity contribution in [2.45, 2.75) is 12.1 Å². The summed E-state index contributed by atoms with van der Waals surface area (Å²) >= 11 is 7.47. The molecule has 0 saturated carbocycles. The van der Waals surface area contributed by atoms with E-state index >= 15 is 0 Å². The van der Waals surface area contributed by atoms with Gasteiger partial charge in [0.2, 0.25) is 6.79 Å². The quantitative estimate of drug-likeness (QED) is 0.509. The van der Waals surface area contributed by atoms with E-state index in [4.69, 9.17) is 25.8 Å². The Morgan fingerprint density at radius 1 is 1.12 bits per heavy atom. The van der Waals surface area contributed by atoms with Crippen molar-refractivity contribution < 1.29 is 24.1 Å². The Kier molecular flexibility index (Phi) is 5.93. The van der Waals surface area contributed by atoms with Gasteiger partial charge in [-0.25, -0.2) is 0 Å². The molecule has 0 bridgehead atoms. The molecule has 6 nitrogen and oxygen atoms in total. The van der Waals surface area contributed by atoms with Crippen LogP contribution in [0.4, 0.5) is 0 Å². The third kappa shape index (κ3) is 4.39. The van der Waals surface area contributed by atoms with Crippen molar-refractivity contribution in [2.24, 2.45) is 0 Å². The Hall–Kier alpha value is -3.13. The molecular formula is C25H20ClNO5S. The molecule has 33 heavy (non-hydrogen) atoms. The van der Waals surface area contributed by atoms with Crippen LogP contribution in [0.5, 0.6) is 17.2 Å². The summed E-state index contributed by atoms with van der Waals surface area (Å²) in [6, 6.07) is 19.1. The molecule has 168 valence electrons. The van der Waals surface area contributed by atoms with Gasteiger partial charge in [0.05, 0.1) is 18.6 Å². The van der Waals surface area contributed by atoms with Gasteiger partial charge in [0.15, 0.2) is 17.1 Å². The van der Waals surface area contributed by atoms with Gasteiger partial charge < -0.3 is 19.3 Å². The molecule has 2 aliphatic heterocycles. The molecule has 8 heteroatoms. The van der Waals surface area contributed by atoms with Gasteiger partial charge in [-0.05, 0) is 52.6 Å². The van der Waals surface area contributed by atoms with Gasteiger partial charge in [-0.3, -0.25) is 9.69 Å². The van der Waals surface area contributed by atoms with Crippen molar-refractivity contribution in [2.75, 3.05) is 13.9 Å². The summed E-state index contributed by atoms with van der Waals surface area (Å²) in [6.45, 7) is 0.296. The third-order valence-electron chi connectivity index (χ3n) is 5.46. The first-order valence-corrected chi connectivity index (χ1v) is 11.5. The lowest BCUT2D eigenvalue weighted by molar-refractivity contribution is -0.130. The number of carbonyl (C=O) groups is 1. The zero-order chi connectivity index (χ0) is 22.9. The van der Waals surface area contributed by atoms with Crippen molar-refractivity contribution >= 4 is 35.3 Å². The molecule has 1 amide bonds. The monoisotopic (exact) mass is 481 g/mol. The third-order valence-corrected chi connectivity index (χ3v) is 6.82. The van der Waals surface area contributed by atoms with Crippen LogP contribution >= 0.6 is 23.4 Å². The minimum absolute atomic E-state index is 0.138. The van der Waals surface area contributed by atoms with Crippen LogP contribution in [-0.2, 0) is 11.3 Å². The molecule has 2 heterocycles. The maximum absolute atomic E-state index is 13.1. The van der Waals surface area contributed by atoms with Crippen molar-refractivity contribution in [1.29, 1.82) is 0 Å². The van der Waals surface area contributed by atoms with Gasteiger partial charge in [0, 0.05) is 11.1 Å². The number of aliphatic hydroxyl groups excluding tert-OH is 1. The number of aliphatic hydroxyl groups is 1. The maximum atomic E-state index is 13.1. The second-order valence-electron chi connectivity index (χ2n) is 7.54. The number of fused-ring (bicyclic) bond motifs is 1. The highest BCUT2D eigenvalue weighted by Crippen LogP contribution is 2.40. The first kappa shape index (κ1) is 21.7. The first-order chi connectivity index (χ1) is 16.0. The van der Waals surface area contributed by atoms with Gasteiger partial charge >= 0.3 is 0 Å². The number of amides is 1. The van der Waals surface area contributed by atoms with Crippen molar-refractivity contribution in [3.05, 3.63) is 81.7 Å². The van der Waals surface area contributed by atoms with Crippen molar-refractivity contribution in [3.63, 3.8) is 0 Å². The molecule has 3 aromatic rings. The molecule has 1 N–H and O–H groups in total. The fraction of sp³-hybridized carbons (Fsp3) is 0.160. The van der Waals surface area contributed by atoms with E-state index in [0.29, 0.717) is 27.0 Å². The van der Waals surface area contributed by atoms with Gasteiger partial charge in [0.1, 0.15) is 5.75 Å². The Morgan fingerprint density at radius 2 is 1.88 bits per heavy atom. The molecule has 0 aliphatic carbocycles. The van der Waals surface area contributed by atoms with Crippen LogP contribution in [0.3, 0.4) is 0 Å². The van der Waals surface area contributed by atoms with Gasteiger partial charge in [-0.2, -0.15) is 0 Å². The number of nitrogens with zero attached hydrogens (tertiary/aromatic N) is 1. The zero-order valence-corrected chi connectivity index (χ0v) is 19.2. The molecule has 0 radical (unpaired) electrons. The van der Waals surface area contributed by atoms with E-state index in [1.807, 2.05) is 48.5 Å². The molecule has 1 saturated heterocycles. The molecule has 2 aliphatic rings. The number of benzene rings is 3. The maximum Gasteiger partial charge on any atom is 0.263 e. The second kappa shape index (κ2) is 9.02. The largest absolute Gasteiger partial charge is 0.497 e. The van der Waals surface area contributed by atoms with Crippen LogP contribution in [0.2, 0.25) is 5.02 Å². The Morgan fingerprint density at radius 3 is 2.64 bits per heavy atom. The van der Waals surface area contributed by atoms with E-state index in [0.717, 1.165) is 34.2 Å². The number of rotatable bonds is 5. The lowest BCUT2D eigenvalue weighted by Crippen LogP contribution is -2.31. The van der Waals surface area contributed by atoms with E-state index in [1.54, 1.807) is 25.3 Å². The highest BCUT2D eigenvalue weighted by Gasteiger charge is 2.35. The van der Waals surface area contributed by atoms with Crippen LogP contribution in [0.25, 0.3) is 17.2 Å². The molecule has 0 spiro atoms. The lowest BCUT2D eigenvalue weighted by atomic mass is 10.0. The van der Waals surface area contributed by atoms with Crippen molar-refractivity contribution in [1.82, 2.24) is 4.90 Å². The predicted molar refractivity (Wildman–Crippen MR) is 128 cm³/mol. The van der Waals surface area contributed by atoms with E-state index in [9.17, 15) is 9.90 Å². The van der Waals surface area contributed by atoms with Gasteiger partial charge in [-0.15, -0.1) is 0 Å². The van der Waals surface area contributed by atoms with Crippen molar-refractivity contribution in [3.8, 4) is 28.4 Å². The fourth-order valence-corrected chi connectivity index (χ4v) is 4.88. The average Bonchev–Trinajstić information content (AvgIpc) is 3.38. The number of halogens is 1. The van der Waals surface area contributed by atoms with Crippen LogP contribution < -0.4 is 14.2 Å². The van der Waals surface area contributed by atoms with Crippen LogP contribution in [0, 0.1) is 0 Å². The summed E-state index contributed by atoms with van der Waals surface area (Å²) in [5.74, 6) is 1.69. The summed E-state index contributed by atoms with van der Waals surface area (Å²) in [5.41, 5.74) is 2.61. The fourth-order valence-electron chi connectivity index (χ4n) is 3.72. The lowest BCUT2D eigenvalue weighted by Gasteiger charge is -2.19. The summed E-state index contributed by atoms with van der Waals surface area (Å²) in [6.07, 6.45) is 1.80. The second-order valence-corrected chi connectivity index (χ2v) is 9.04. The zero-order valence-electron chi connectivity index (χ0n) is 17.7. The molecule has 1 atom stereocenters. The average molecular weight is 482 g/mol. The van der Waals surface area contributed by atoms with Crippen LogP contribution in [-0.4, -0.2) is 35.4 Å². The molecule has 1 fully saturated rings. The number of thioether (sulfide) groups is 1. The standard InChI is InChI=1S/C25H20ClNO5S/c1-30-19-7-5-16(6-8-19)17-4-2-3-15(9-17)10-23-24(28)27(25(29)33-23)13-18-11-21-22(12-20(18)26)32-14-31-21/h2-12,25,29H,13-14H2,1H3/b23-10-. The molecule has 5 rings (SSSR count). The van der Waals surface area contributed by atoms with Gasteiger partial charge in [0.25, 0.3) is 5.91 Å². The SMILES string of the molecule is COc1ccc(-c2cccc(/C=C3\SC(O)N(Cc4cc5c(cc4Cl)OCO5)C3=O)c2)cc1. The van der Waals surface area contributed by atoms with Gasteiger partial charge in [-0.1, -0.05) is 53.7 Å². The predicted octanol–water partition coefficient (Wildman–Crippen LogP) is 5.14. The molecular weight excluding hydrogens is 462 g/mol. The van der Waals surface area contributed by atoms with Crippen LogP contribution in [0.1, 0.15) is 11.1 Å². The topological polar surface area (TPSA) is 68.2 Å². The summed E-state index contributed by atoms with van der Waals surface area (Å²) in [7, 11) is 1.64. The molecule has 0 aromatic heterocycles. The van der Waals surface area contributed by atoms with E-state index < -0.39 is 5.56 Å². The van der Waals surface area contributed by atoms with Crippen LogP contribution in [0.15, 0.2) is 65.6 Å². The number of hydrogen-bond acceptors (Lipinski definition) is 6. The smallest absolute Gasteiger partial charge is 0.263 e. The minimum atomic E-state index is -1.00. The normalized spacial score (nSPS) is 18.3. The number of ether oxygens (including phenoxy) is 3. The Balaban J connectivity index is 1.36. The highest BCUT2D eigenvalue weighted by molar-refractivity contribution is 8.05. The summed E-state index contributed by atoms with van der Waals surface area (Å²) in [4.78, 5) is 14.9. The summed E-state index contributed by atoms with van der Waals surface area (Å²) in [5, 5.41) is 11.0. The van der Waals surface area contributed by atoms with E-state index in [1.165, 1.54) is 4.90 Å². The van der Waals surface area contributed by atoms with E-state index in [2.05, 4.69) is 0 Å². The minimum Gasteiger partial charge on any atom is -0.497 e. The number of hydrogen-bond donors (Lipinski definition) is 1. The Bertz CT molecular complexity index is 1240. The van der Waals surface area contributed by atoms with E-state index in [-0.39, 0.29) is 19.2 Å². The highest BCUT2D eigenvalue weighted by atomic mass is 35.5. The first-order valence-electron chi connectivity index (χ1n) is 10.2. The number of methoxy groups -OCH3 is 1. The summed E-state index contributed by atoms with van der Waals surface area (Å²) < 4.78 is 16.0. The molecule has 3 aromatic carbocycles. The number of carbonyl (C=O) groups excluding carboxylic acids is 1.